The number of aromatic nitrogens is 2. The zero-order valence-electron chi connectivity index (χ0n) is 16.0. The highest BCUT2D eigenvalue weighted by atomic mass is 16.5. The minimum Gasteiger partial charge on any atom is -0.462 e. The fourth-order valence-electron chi connectivity index (χ4n) is 2.93. The average molecular weight is 378 g/mol. The Morgan fingerprint density at radius 1 is 1.11 bits per heavy atom. The molecule has 0 atom stereocenters. The largest absolute Gasteiger partial charge is 0.462 e. The summed E-state index contributed by atoms with van der Waals surface area (Å²) in [5.74, 6) is -0.543. The lowest BCUT2D eigenvalue weighted by molar-refractivity contribution is 0.0527. The zero-order chi connectivity index (χ0) is 20.3. The number of aryl methyl sites for hydroxylation is 2. The van der Waals surface area contributed by atoms with Gasteiger partial charge in [-0.15, -0.1) is 0 Å². The third kappa shape index (κ3) is 4.03. The van der Waals surface area contributed by atoms with Gasteiger partial charge in [0.15, 0.2) is 0 Å². The fraction of sp³-hybridized carbons (Fsp3) is 0.190. The molecule has 0 aliphatic carbocycles. The number of nitrogens with one attached hydrogen (secondary N) is 1. The summed E-state index contributed by atoms with van der Waals surface area (Å²) in [4.78, 5) is 24.4. The molecule has 28 heavy (non-hydrogen) atoms. The van der Waals surface area contributed by atoms with Crippen LogP contribution in [-0.4, -0.2) is 28.3 Å². The normalized spacial score (nSPS) is 10.5. The van der Waals surface area contributed by atoms with E-state index in [4.69, 9.17) is 10.5 Å². The minimum absolute atomic E-state index is 0.186. The lowest BCUT2D eigenvalue weighted by Crippen LogP contribution is -2.12. The molecule has 2 aromatic carbocycles. The van der Waals surface area contributed by atoms with Crippen LogP contribution in [0.1, 0.15) is 38.8 Å². The predicted molar refractivity (Wildman–Crippen MR) is 108 cm³/mol. The third-order valence-corrected chi connectivity index (χ3v) is 4.16. The standard InChI is InChI=1S/C21H22N4O3/c1-4-28-21(27)18-12-23-25(19(18)22)17-7-5-15(6-8-17)20(26)24-16-10-13(2)9-14(3)11-16/h5-12H,4,22H2,1-3H3,(H,24,26). The van der Waals surface area contributed by atoms with Crippen molar-refractivity contribution in [3.05, 3.63) is 70.9 Å². The Labute approximate surface area is 163 Å². The van der Waals surface area contributed by atoms with E-state index in [1.165, 1.54) is 10.9 Å². The number of nitrogens with two attached hydrogens (primary N) is 1. The molecule has 7 nitrogen and oxygen atoms in total. The van der Waals surface area contributed by atoms with Gasteiger partial charge in [0.25, 0.3) is 5.91 Å². The molecule has 0 spiro atoms. The molecule has 1 heterocycles. The van der Waals surface area contributed by atoms with Crippen LogP contribution in [0.4, 0.5) is 11.5 Å². The van der Waals surface area contributed by atoms with Crippen molar-refractivity contribution in [3.63, 3.8) is 0 Å². The van der Waals surface area contributed by atoms with Gasteiger partial charge in [-0.2, -0.15) is 5.10 Å². The lowest BCUT2D eigenvalue weighted by atomic mass is 10.1. The number of amides is 1. The van der Waals surface area contributed by atoms with Crippen molar-refractivity contribution >= 4 is 23.4 Å². The molecule has 0 fully saturated rings. The second-order valence-corrected chi connectivity index (χ2v) is 6.45. The van der Waals surface area contributed by atoms with Gasteiger partial charge < -0.3 is 15.8 Å². The third-order valence-electron chi connectivity index (χ3n) is 4.16. The fourth-order valence-corrected chi connectivity index (χ4v) is 2.93. The number of rotatable bonds is 5. The van der Waals surface area contributed by atoms with Gasteiger partial charge in [0.05, 0.1) is 18.5 Å². The zero-order valence-corrected chi connectivity index (χ0v) is 16.0. The van der Waals surface area contributed by atoms with Crippen LogP contribution < -0.4 is 11.1 Å². The van der Waals surface area contributed by atoms with Gasteiger partial charge in [-0.25, -0.2) is 9.48 Å². The van der Waals surface area contributed by atoms with Crippen molar-refractivity contribution in [2.75, 3.05) is 17.7 Å². The number of nitrogens with zero attached hydrogens (tertiary/aromatic N) is 2. The molecule has 0 bridgehead atoms. The van der Waals surface area contributed by atoms with Gasteiger partial charge in [-0.1, -0.05) is 6.07 Å². The van der Waals surface area contributed by atoms with Crippen LogP contribution in [0.25, 0.3) is 5.69 Å². The number of ether oxygens (including phenoxy) is 1. The maximum Gasteiger partial charge on any atom is 0.343 e. The van der Waals surface area contributed by atoms with Crippen molar-refractivity contribution < 1.29 is 14.3 Å². The summed E-state index contributed by atoms with van der Waals surface area (Å²) in [6.07, 6.45) is 1.37. The first-order chi connectivity index (χ1) is 13.4. The number of nitrogen functional groups attached to an aromatic ring is 1. The predicted octanol–water partition coefficient (Wildman–Crippen LogP) is 3.50. The van der Waals surface area contributed by atoms with Crippen molar-refractivity contribution in [1.29, 1.82) is 0 Å². The first kappa shape index (κ1) is 19.2. The maximum atomic E-state index is 12.5. The van der Waals surface area contributed by atoms with Crippen LogP contribution in [0.2, 0.25) is 0 Å². The molecular weight excluding hydrogens is 356 g/mol. The van der Waals surface area contributed by atoms with Gasteiger partial charge in [0.2, 0.25) is 0 Å². The Balaban J connectivity index is 1.78. The summed E-state index contributed by atoms with van der Waals surface area (Å²) in [6, 6.07) is 12.7. The molecule has 0 unspecified atom stereocenters. The molecule has 0 aliphatic heterocycles. The number of hydrogen-bond acceptors (Lipinski definition) is 5. The molecule has 3 aromatic rings. The maximum absolute atomic E-state index is 12.5. The molecule has 144 valence electrons. The van der Waals surface area contributed by atoms with Gasteiger partial charge in [0.1, 0.15) is 11.4 Å². The molecule has 0 saturated heterocycles. The van der Waals surface area contributed by atoms with Crippen molar-refractivity contribution in [3.8, 4) is 5.69 Å². The van der Waals surface area contributed by atoms with Gasteiger partial charge in [-0.05, 0) is 68.3 Å². The van der Waals surface area contributed by atoms with Crippen LogP contribution >= 0.6 is 0 Å². The highest BCUT2D eigenvalue weighted by Crippen LogP contribution is 2.19. The second kappa shape index (κ2) is 7.96. The monoisotopic (exact) mass is 378 g/mol. The Morgan fingerprint density at radius 2 is 1.75 bits per heavy atom. The number of benzene rings is 2. The molecule has 0 aliphatic rings. The second-order valence-electron chi connectivity index (χ2n) is 6.45. The average Bonchev–Trinajstić information content (AvgIpc) is 3.02. The number of carbonyl (C=O) groups excluding carboxylic acids is 2. The highest BCUT2D eigenvalue weighted by molar-refractivity contribution is 6.04. The molecule has 1 aromatic heterocycles. The SMILES string of the molecule is CCOC(=O)c1cnn(-c2ccc(C(=O)Nc3cc(C)cc(C)c3)cc2)c1N. The Morgan fingerprint density at radius 3 is 2.36 bits per heavy atom. The Bertz CT molecular complexity index is 1000. The summed E-state index contributed by atoms with van der Waals surface area (Å²) < 4.78 is 6.39. The molecule has 1 amide bonds. The lowest BCUT2D eigenvalue weighted by Gasteiger charge is -2.09. The first-order valence-corrected chi connectivity index (χ1v) is 8.89. The summed E-state index contributed by atoms with van der Waals surface area (Å²) in [6.45, 7) is 5.95. The first-order valence-electron chi connectivity index (χ1n) is 8.89. The minimum atomic E-state index is -0.518. The van der Waals surface area contributed by atoms with E-state index in [0.717, 1.165) is 16.8 Å². The summed E-state index contributed by atoms with van der Waals surface area (Å²) in [7, 11) is 0. The van der Waals surface area contributed by atoms with E-state index in [1.54, 1.807) is 31.2 Å². The van der Waals surface area contributed by atoms with Crippen LogP contribution in [0.15, 0.2) is 48.7 Å². The molecule has 3 rings (SSSR count). The number of carbonyl (C=O) groups is 2. The van der Waals surface area contributed by atoms with E-state index in [9.17, 15) is 9.59 Å². The number of anilines is 2. The number of esters is 1. The van der Waals surface area contributed by atoms with Crippen molar-refractivity contribution in [2.24, 2.45) is 0 Å². The van der Waals surface area contributed by atoms with Gasteiger partial charge in [0, 0.05) is 11.3 Å². The van der Waals surface area contributed by atoms with Gasteiger partial charge >= 0.3 is 5.97 Å². The molecule has 0 radical (unpaired) electrons. The molecular formula is C21H22N4O3. The topological polar surface area (TPSA) is 99.2 Å². The van der Waals surface area contributed by atoms with Crippen LogP contribution in [0.3, 0.4) is 0 Å². The highest BCUT2D eigenvalue weighted by Gasteiger charge is 2.17. The van der Waals surface area contributed by atoms with Crippen molar-refractivity contribution in [1.82, 2.24) is 9.78 Å². The summed E-state index contributed by atoms with van der Waals surface area (Å²) in [5, 5.41) is 7.04. The van der Waals surface area contributed by atoms with Gasteiger partial charge in [-0.3, -0.25) is 4.79 Å². The van der Waals surface area contributed by atoms with E-state index in [-0.39, 0.29) is 23.9 Å². The molecule has 3 N–H and O–H groups in total. The smallest absolute Gasteiger partial charge is 0.343 e. The van der Waals surface area contributed by atoms with E-state index in [1.807, 2.05) is 32.0 Å². The summed E-state index contributed by atoms with van der Waals surface area (Å²) >= 11 is 0. The van der Waals surface area contributed by atoms with Crippen LogP contribution in [0.5, 0.6) is 0 Å². The Kier molecular flexibility index (Phi) is 5.44. The van der Waals surface area contributed by atoms with Crippen molar-refractivity contribution in [2.45, 2.75) is 20.8 Å². The Hall–Kier alpha value is -3.61. The van der Waals surface area contributed by atoms with E-state index >= 15 is 0 Å². The van der Waals surface area contributed by atoms with E-state index in [0.29, 0.717) is 11.3 Å². The quantitative estimate of drug-likeness (QED) is 0.662. The van der Waals surface area contributed by atoms with Crippen LogP contribution in [0, 0.1) is 13.8 Å². The molecule has 0 saturated carbocycles. The summed E-state index contributed by atoms with van der Waals surface area (Å²) in [5.41, 5.74) is 10.3. The van der Waals surface area contributed by atoms with E-state index in [2.05, 4.69) is 10.4 Å². The van der Waals surface area contributed by atoms with E-state index < -0.39 is 5.97 Å². The van der Waals surface area contributed by atoms with Crippen LogP contribution in [-0.2, 0) is 4.74 Å². The number of hydrogen-bond donors (Lipinski definition) is 2. The molecule has 7 heteroatoms.